The second kappa shape index (κ2) is 8.10. The molecule has 160 valence electrons. The van der Waals surface area contributed by atoms with Crippen molar-refractivity contribution < 1.29 is 9.53 Å². The molecule has 2 heterocycles. The second-order valence-corrected chi connectivity index (χ2v) is 8.82. The molecule has 0 aliphatic carbocycles. The summed E-state index contributed by atoms with van der Waals surface area (Å²) in [4.78, 5) is 25.9. The van der Waals surface area contributed by atoms with Crippen LogP contribution < -0.4 is 15.6 Å². The van der Waals surface area contributed by atoms with Gasteiger partial charge in [0.25, 0.3) is 5.56 Å². The highest BCUT2D eigenvalue weighted by Gasteiger charge is 2.24. The molecule has 0 saturated heterocycles. The lowest BCUT2D eigenvalue weighted by atomic mass is 10.1. The van der Waals surface area contributed by atoms with E-state index in [0.717, 1.165) is 0 Å². The number of halogens is 1. The third-order valence-electron chi connectivity index (χ3n) is 4.62. The van der Waals surface area contributed by atoms with Gasteiger partial charge in [0, 0.05) is 10.4 Å². The van der Waals surface area contributed by atoms with E-state index in [1.807, 2.05) is 34.6 Å². The fourth-order valence-electron chi connectivity index (χ4n) is 3.24. The Hall–Kier alpha value is -2.87. The highest BCUT2D eigenvalue weighted by molar-refractivity contribution is 6.31. The van der Waals surface area contributed by atoms with E-state index in [-0.39, 0.29) is 18.0 Å². The molecule has 9 heteroatoms. The van der Waals surface area contributed by atoms with Crippen LogP contribution in [0.4, 0.5) is 5.69 Å². The molecule has 0 radical (unpaired) electrons. The first-order chi connectivity index (χ1) is 14.0. The summed E-state index contributed by atoms with van der Waals surface area (Å²) in [5.41, 5.74) is 0.815. The SMILES string of the molecule is COc1ccc(Cl)cc1NC(=O)Cn1nc(C(C)C)c2cnn(C(C)(C)C)c2c1=O. The van der Waals surface area contributed by atoms with E-state index >= 15 is 0 Å². The number of benzene rings is 1. The quantitative estimate of drug-likeness (QED) is 0.663. The highest BCUT2D eigenvalue weighted by Crippen LogP contribution is 2.28. The molecular weight excluding hydrogens is 406 g/mol. The van der Waals surface area contributed by atoms with Crippen molar-refractivity contribution in [2.45, 2.75) is 52.6 Å². The topological polar surface area (TPSA) is 91.0 Å². The van der Waals surface area contributed by atoms with E-state index in [4.69, 9.17) is 16.3 Å². The van der Waals surface area contributed by atoms with Gasteiger partial charge in [0.2, 0.25) is 5.91 Å². The first-order valence-electron chi connectivity index (χ1n) is 9.65. The molecule has 0 bridgehead atoms. The Labute approximate surface area is 179 Å². The lowest BCUT2D eigenvalue weighted by molar-refractivity contribution is -0.117. The van der Waals surface area contributed by atoms with Crippen LogP contribution in [0, 0.1) is 0 Å². The van der Waals surface area contributed by atoms with Gasteiger partial charge in [-0.25, -0.2) is 4.68 Å². The lowest BCUT2D eigenvalue weighted by Crippen LogP contribution is -2.34. The Balaban J connectivity index is 2.04. The van der Waals surface area contributed by atoms with E-state index in [1.54, 1.807) is 29.1 Å². The zero-order valence-corrected chi connectivity index (χ0v) is 18.7. The minimum Gasteiger partial charge on any atom is -0.495 e. The number of amides is 1. The molecule has 0 fully saturated rings. The van der Waals surface area contributed by atoms with Crippen LogP contribution in [0.1, 0.15) is 46.2 Å². The Morgan fingerprint density at radius 3 is 2.60 bits per heavy atom. The van der Waals surface area contributed by atoms with Crippen LogP contribution in [0.2, 0.25) is 5.02 Å². The fraction of sp³-hybridized carbons (Fsp3) is 0.429. The van der Waals surface area contributed by atoms with Crippen molar-refractivity contribution >= 4 is 34.1 Å². The molecule has 1 aromatic carbocycles. The summed E-state index contributed by atoms with van der Waals surface area (Å²) >= 11 is 6.03. The lowest BCUT2D eigenvalue weighted by Gasteiger charge is -2.21. The van der Waals surface area contributed by atoms with Crippen LogP contribution in [-0.2, 0) is 16.9 Å². The number of ether oxygens (including phenoxy) is 1. The molecular formula is C21H26ClN5O3. The molecule has 0 aliphatic heterocycles. The summed E-state index contributed by atoms with van der Waals surface area (Å²) < 4.78 is 8.13. The number of carbonyl (C=O) groups is 1. The molecule has 0 atom stereocenters. The zero-order chi connectivity index (χ0) is 22.2. The third kappa shape index (κ3) is 4.18. The number of anilines is 1. The summed E-state index contributed by atoms with van der Waals surface area (Å²) in [5, 5.41) is 12.8. The van der Waals surface area contributed by atoms with Crippen molar-refractivity contribution in [2.24, 2.45) is 0 Å². The van der Waals surface area contributed by atoms with Gasteiger partial charge < -0.3 is 10.1 Å². The van der Waals surface area contributed by atoms with Gasteiger partial charge in [0.05, 0.1) is 30.2 Å². The Bertz CT molecular complexity index is 1160. The monoisotopic (exact) mass is 431 g/mol. The number of fused-ring (bicyclic) bond motifs is 1. The van der Waals surface area contributed by atoms with Crippen LogP contribution in [-0.4, -0.2) is 32.6 Å². The van der Waals surface area contributed by atoms with E-state index < -0.39 is 11.4 Å². The number of methoxy groups -OCH3 is 1. The van der Waals surface area contributed by atoms with Crippen LogP contribution in [0.15, 0.2) is 29.2 Å². The molecule has 8 nitrogen and oxygen atoms in total. The molecule has 0 unspecified atom stereocenters. The van der Waals surface area contributed by atoms with Gasteiger partial charge in [-0.05, 0) is 44.9 Å². The largest absolute Gasteiger partial charge is 0.495 e. The Morgan fingerprint density at radius 1 is 1.30 bits per heavy atom. The van der Waals surface area contributed by atoms with Crippen molar-refractivity contribution in [3.8, 4) is 5.75 Å². The Kier molecular flexibility index (Phi) is 5.90. The maximum atomic E-state index is 13.2. The standard InChI is InChI=1S/C21H26ClN5O3/c1-12(2)18-14-10-23-27(21(3,4)5)19(14)20(29)26(25-18)11-17(28)24-15-9-13(22)7-8-16(15)30-6/h7-10,12H,11H2,1-6H3,(H,24,28). The predicted octanol–water partition coefficient (Wildman–Crippen LogP) is 3.77. The number of hydrogen-bond acceptors (Lipinski definition) is 5. The van der Waals surface area contributed by atoms with Crippen LogP contribution in [0.5, 0.6) is 5.75 Å². The molecule has 3 aromatic rings. The molecule has 3 rings (SSSR count). The zero-order valence-electron chi connectivity index (χ0n) is 18.0. The first-order valence-corrected chi connectivity index (χ1v) is 10.0. The van der Waals surface area contributed by atoms with Crippen molar-refractivity contribution in [3.63, 3.8) is 0 Å². The highest BCUT2D eigenvalue weighted by atomic mass is 35.5. The van der Waals surface area contributed by atoms with Gasteiger partial charge in [-0.2, -0.15) is 10.2 Å². The van der Waals surface area contributed by atoms with Crippen molar-refractivity contribution in [2.75, 3.05) is 12.4 Å². The maximum absolute atomic E-state index is 13.2. The van der Waals surface area contributed by atoms with Crippen molar-refractivity contribution in [1.82, 2.24) is 19.6 Å². The molecule has 0 saturated carbocycles. The molecule has 0 spiro atoms. The molecule has 2 aromatic heterocycles. The Morgan fingerprint density at radius 2 is 2.00 bits per heavy atom. The smallest absolute Gasteiger partial charge is 0.293 e. The van der Waals surface area contributed by atoms with Gasteiger partial charge >= 0.3 is 0 Å². The summed E-state index contributed by atoms with van der Waals surface area (Å²) in [7, 11) is 1.50. The van der Waals surface area contributed by atoms with E-state index in [0.29, 0.717) is 33.1 Å². The van der Waals surface area contributed by atoms with Crippen LogP contribution in [0.3, 0.4) is 0 Å². The van der Waals surface area contributed by atoms with E-state index in [1.165, 1.54) is 11.8 Å². The van der Waals surface area contributed by atoms with Gasteiger partial charge in [0.1, 0.15) is 17.8 Å². The van der Waals surface area contributed by atoms with Crippen molar-refractivity contribution in [1.29, 1.82) is 0 Å². The number of hydrogen-bond donors (Lipinski definition) is 1. The third-order valence-corrected chi connectivity index (χ3v) is 4.86. The number of rotatable bonds is 5. The van der Waals surface area contributed by atoms with Gasteiger partial charge in [-0.15, -0.1) is 0 Å². The number of aromatic nitrogens is 4. The van der Waals surface area contributed by atoms with E-state index in [2.05, 4.69) is 15.5 Å². The van der Waals surface area contributed by atoms with Crippen molar-refractivity contribution in [3.05, 3.63) is 45.5 Å². The van der Waals surface area contributed by atoms with Crippen LogP contribution in [0.25, 0.3) is 10.9 Å². The number of nitrogens with zero attached hydrogens (tertiary/aromatic N) is 4. The average molecular weight is 432 g/mol. The average Bonchev–Trinajstić information content (AvgIpc) is 3.09. The minimum absolute atomic E-state index is 0.0491. The number of nitrogens with one attached hydrogen (secondary N) is 1. The first kappa shape index (κ1) is 21.8. The second-order valence-electron chi connectivity index (χ2n) is 8.38. The molecule has 1 amide bonds. The summed E-state index contributed by atoms with van der Waals surface area (Å²) in [6, 6.07) is 4.91. The minimum atomic E-state index is -0.416. The summed E-state index contributed by atoms with van der Waals surface area (Å²) in [6.07, 6.45) is 1.67. The maximum Gasteiger partial charge on any atom is 0.293 e. The molecule has 30 heavy (non-hydrogen) atoms. The van der Waals surface area contributed by atoms with Crippen LogP contribution >= 0.6 is 11.6 Å². The summed E-state index contributed by atoms with van der Waals surface area (Å²) in [5.74, 6) is 0.103. The summed E-state index contributed by atoms with van der Waals surface area (Å²) in [6.45, 7) is 9.63. The van der Waals surface area contributed by atoms with Gasteiger partial charge in [-0.1, -0.05) is 25.4 Å². The fourth-order valence-corrected chi connectivity index (χ4v) is 3.41. The number of carbonyl (C=O) groups excluding carboxylic acids is 1. The normalized spacial score (nSPS) is 11.9. The van der Waals surface area contributed by atoms with Gasteiger partial charge in [0.15, 0.2) is 0 Å². The van der Waals surface area contributed by atoms with E-state index in [9.17, 15) is 9.59 Å². The molecule has 1 N–H and O–H groups in total. The van der Waals surface area contributed by atoms with Gasteiger partial charge in [-0.3, -0.25) is 14.3 Å². The predicted molar refractivity (Wildman–Crippen MR) is 118 cm³/mol. The molecule has 0 aliphatic rings.